The van der Waals surface area contributed by atoms with Gasteiger partial charge < -0.3 is 10.1 Å². The van der Waals surface area contributed by atoms with Crippen LogP contribution in [0.4, 0.5) is 20.2 Å². The highest BCUT2D eigenvalue weighted by atomic mass is 35.5. The van der Waals surface area contributed by atoms with E-state index in [-0.39, 0.29) is 48.0 Å². The Morgan fingerprint density at radius 2 is 1.83 bits per heavy atom. The number of amides is 2. The maximum absolute atomic E-state index is 13.9. The first-order chi connectivity index (χ1) is 17.1. The van der Waals surface area contributed by atoms with E-state index in [0.29, 0.717) is 22.8 Å². The molecule has 1 N–H and O–H groups in total. The summed E-state index contributed by atoms with van der Waals surface area (Å²) in [6.07, 6.45) is 0. The summed E-state index contributed by atoms with van der Waals surface area (Å²) in [7, 11) is 1.65. The van der Waals surface area contributed by atoms with Crippen molar-refractivity contribution in [1.29, 1.82) is 0 Å². The van der Waals surface area contributed by atoms with E-state index in [2.05, 4.69) is 5.32 Å². The first kappa shape index (κ1) is 25.3. The van der Waals surface area contributed by atoms with Gasteiger partial charge in [-0.2, -0.15) is 0 Å². The Balaban J connectivity index is 1.70. The summed E-state index contributed by atoms with van der Waals surface area (Å²) in [5, 5.41) is 2.58. The molecule has 0 saturated carbocycles. The zero-order valence-corrected chi connectivity index (χ0v) is 20.5. The van der Waals surface area contributed by atoms with Gasteiger partial charge in [0.25, 0.3) is 5.56 Å². The lowest BCUT2D eigenvalue weighted by molar-refractivity contribution is -0.117. The number of benzene rings is 2. The summed E-state index contributed by atoms with van der Waals surface area (Å²) in [5.41, 5.74) is 1.46. The van der Waals surface area contributed by atoms with E-state index in [1.54, 1.807) is 32.2 Å². The number of likely N-dealkylation sites (N-methyl/N-ethyl adjacent to an activating group) is 1. The lowest BCUT2D eigenvalue weighted by atomic mass is 10.2. The van der Waals surface area contributed by atoms with Crippen LogP contribution in [-0.4, -0.2) is 36.6 Å². The smallest absolute Gasteiger partial charge is 0.277 e. The summed E-state index contributed by atoms with van der Waals surface area (Å²) in [4.78, 5) is 40.9. The van der Waals surface area contributed by atoms with Crippen LogP contribution in [0.2, 0.25) is 5.02 Å². The molecule has 11 heteroatoms. The fourth-order valence-corrected chi connectivity index (χ4v) is 4.21. The van der Waals surface area contributed by atoms with Gasteiger partial charge in [0.15, 0.2) is 0 Å². The molecule has 188 valence electrons. The lowest BCUT2D eigenvalue weighted by Crippen LogP contribution is -2.41. The third-order valence-corrected chi connectivity index (χ3v) is 6.14. The van der Waals surface area contributed by atoms with Crippen LogP contribution < -0.4 is 25.4 Å². The Bertz CT molecular complexity index is 1430. The number of aromatic nitrogens is 1. The van der Waals surface area contributed by atoms with Gasteiger partial charge in [-0.1, -0.05) is 11.6 Å². The predicted molar refractivity (Wildman–Crippen MR) is 132 cm³/mol. The normalized spacial score (nSPS) is 12.6. The van der Waals surface area contributed by atoms with E-state index in [1.807, 2.05) is 0 Å². The molecule has 2 amide bonds. The van der Waals surface area contributed by atoms with Crippen LogP contribution in [0.15, 0.2) is 47.3 Å². The molecule has 0 fully saturated rings. The maximum atomic E-state index is 13.9. The molecule has 1 aromatic heterocycles. The van der Waals surface area contributed by atoms with Gasteiger partial charge >= 0.3 is 0 Å². The SMILES string of the molecule is CNCC(=O)N1CN(C(C)=O)c2ccc(-n3c(C)cc(OCc4ccc(F)cc4F)c(Cl)c3=O)cc21. The van der Waals surface area contributed by atoms with Crippen molar-refractivity contribution in [2.24, 2.45) is 0 Å². The molecule has 0 spiro atoms. The minimum Gasteiger partial charge on any atom is -0.487 e. The number of ether oxygens (including phenoxy) is 1. The highest BCUT2D eigenvalue weighted by Gasteiger charge is 2.32. The molecule has 0 bridgehead atoms. The first-order valence-corrected chi connectivity index (χ1v) is 11.4. The molecule has 2 aromatic carbocycles. The Morgan fingerprint density at radius 1 is 1.08 bits per heavy atom. The summed E-state index contributed by atoms with van der Waals surface area (Å²) in [6, 6.07) is 9.60. The number of nitrogens with one attached hydrogen (secondary N) is 1. The van der Waals surface area contributed by atoms with E-state index >= 15 is 0 Å². The quantitative estimate of drug-likeness (QED) is 0.542. The summed E-state index contributed by atoms with van der Waals surface area (Å²) >= 11 is 6.32. The number of hydrogen-bond donors (Lipinski definition) is 1. The van der Waals surface area contributed by atoms with Gasteiger partial charge in [-0.25, -0.2) is 8.78 Å². The van der Waals surface area contributed by atoms with Crippen LogP contribution in [-0.2, 0) is 16.2 Å². The standard InChI is InChI=1S/C25H23ClF2N4O4/c1-14-8-22(36-12-16-4-5-17(27)9-19(16)28)24(26)25(35)32(14)18-6-7-20-21(10-18)31(23(34)11-29-3)13-30(20)15(2)33/h4-10,29H,11-13H2,1-3H3. The number of carbonyl (C=O) groups excluding carboxylic acids is 2. The maximum Gasteiger partial charge on any atom is 0.277 e. The van der Waals surface area contributed by atoms with Crippen molar-refractivity contribution < 1.29 is 23.1 Å². The van der Waals surface area contributed by atoms with Gasteiger partial charge in [-0.05, 0) is 44.3 Å². The van der Waals surface area contributed by atoms with Crippen molar-refractivity contribution in [2.45, 2.75) is 20.5 Å². The lowest BCUT2D eigenvalue weighted by Gasteiger charge is -2.18. The van der Waals surface area contributed by atoms with E-state index < -0.39 is 17.2 Å². The molecule has 3 aromatic rings. The second-order valence-corrected chi connectivity index (χ2v) is 8.62. The molecule has 0 saturated heterocycles. The second kappa shape index (κ2) is 10.1. The molecule has 4 rings (SSSR count). The number of rotatable bonds is 6. The molecule has 1 aliphatic rings. The zero-order chi connectivity index (χ0) is 26.1. The van der Waals surface area contributed by atoms with Gasteiger partial charge in [0.2, 0.25) is 11.8 Å². The third kappa shape index (κ3) is 4.69. The zero-order valence-electron chi connectivity index (χ0n) is 19.8. The minimum absolute atomic E-state index is 0.0499. The van der Waals surface area contributed by atoms with Crippen molar-refractivity contribution in [1.82, 2.24) is 9.88 Å². The van der Waals surface area contributed by atoms with Gasteiger partial charge in [0, 0.05) is 30.3 Å². The Labute approximate surface area is 210 Å². The molecular weight excluding hydrogens is 494 g/mol. The van der Waals surface area contributed by atoms with Crippen LogP contribution in [0.3, 0.4) is 0 Å². The van der Waals surface area contributed by atoms with Gasteiger partial charge in [-0.3, -0.25) is 28.8 Å². The number of aryl methyl sites for hydroxylation is 1. The minimum atomic E-state index is -0.772. The van der Waals surface area contributed by atoms with Crippen molar-refractivity contribution >= 4 is 34.8 Å². The van der Waals surface area contributed by atoms with Crippen LogP contribution in [0.5, 0.6) is 5.75 Å². The predicted octanol–water partition coefficient (Wildman–Crippen LogP) is 3.53. The van der Waals surface area contributed by atoms with Crippen LogP contribution in [0.25, 0.3) is 5.69 Å². The summed E-state index contributed by atoms with van der Waals surface area (Å²) in [5.74, 6) is -1.89. The van der Waals surface area contributed by atoms with Gasteiger partial charge in [-0.15, -0.1) is 0 Å². The molecule has 0 atom stereocenters. The number of halogens is 3. The van der Waals surface area contributed by atoms with Crippen molar-refractivity contribution in [2.75, 3.05) is 30.1 Å². The number of hydrogen-bond acceptors (Lipinski definition) is 5. The number of nitrogens with zero attached hydrogens (tertiary/aromatic N) is 3. The monoisotopic (exact) mass is 516 g/mol. The molecule has 0 radical (unpaired) electrons. The number of anilines is 2. The van der Waals surface area contributed by atoms with Gasteiger partial charge in [0.1, 0.15) is 35.7 Å². The largest absolute Gasteiger partial charge is 0.487 e. The van der Waals surface area contributed by atoms with Crippen molar-refractivity contribution in [3.05, 3.63) is 80.7 Å². The number of carbonyl (C=O) groups is 2. The highest BCUT2D eigenvalue weighted by Crippen LogP contribution is 2.38. The van der Waals surface area contributed by atoms with Crippen molar-refractivity contribution in [3.8, 4) is 11.4 Å². The van der Waals surface area contributed by atoms with Crippen LogP contribution in [0.1, 0.15) is 18.2 Å². The first-order valence-electron chi connectivity index (χ1n) is 11.0. The molecule has 0 aliphatic carbocycles. The molecule has 36 heavy (non-hydrogen) atoms. The topological polar surface area (TPSA) is 83.9 Å². The average Bonchev–Trinajstić information content (AvgIpc) is 3.21. The fraction of sp³-hybridized carbons (Fsp3) is 0.240. The number of pyridine rings is 1. The summed E-state index contributed by atoms with van der Waals surface area (Å²) in [6.45, 7) is 2.96. The van der Waals surface area contributed by atoms with E-state index in [9.17, 15) is 23.2 Å². The highest BCUT2D eigenvalue weighted by molar-refractivity contribution is 6.31. The molecule has 8 nitrogen and oxygen atoms in total. The third-order valence-electron chi connectivity index (χ3n) is 5.79. The Morgan fingerprint density at radius 3 is 2.50 bits per heavy atom. The second-order valence-electron chi connectivity index (χ2n) is 8.24. The molecule has 0 unspecified atom stereocenters. The Hall–Kier alpha value is -3.76. The van der Waals surface area contributed by atoms with Crippen LogP contribution in [0, 0.1) is 18.6 Å². The van der Waals surface area contributed by atoms with Crippen molar-refractivity contribution in [3.63, 3.8) is 0 Å². The van der Waals surface area contributed by atoms with Gasteiger partial charge in [0.05, 0.1) is 23.6 Å². The average molecular weight is 517 g/mol. The van der Waals surface area contributed by atoms with E-state index in [1.165, 1.54) is 33.4 Å². The van der Waals surface area contributed by atoms with Crippen LogP contribution >= 0.6 is 11.6 Å². The van der Waals surface area contributed by atoms with E-state index in [0.717, 1.165) is 12.1 Å². The number of fused-ring (bicyclic) bond motifs is 1. The fourth-order valence-electron chi connectivity index (χ4n) is 4.02. The Kier molecular flexibility index (Phi) is 7.09. The summed E-state index contributed by atoms with van der Waals surface area (Å²) < 4.78 is 34.0. The molecule has 2 heterocycles. The van der Waals surface area contributed by atoms with E-state index in [4.69, 9.17) is 16.3 Å². The molecular formula is C25H23ClF2N4O4. The molecule has 1 aliphatic heterocycles.